The molecule has 0 aromatic carbocycles. The average molecular weight is 207 g/mol. The third-order valence-corrected chi connectivity index (χ3v) is 3.19. The second-order valence-electron chi connectivity index (χ2n) is 3.72. The van der Waals surface area contributed by atoms with Gasteiger partial charge in [0.2, 0.25) is 0 Å². The fraction of sp³-hybridized carbons (Fsp3) is 0.364. The SMILES string of the molecule is CC(=O)c1cc2sccc2n1C(C)C. The molecule has 0 unspecified atom stereocenters. The van der Waals surface area contributed by atoms with E-state index in [2.05, 4.69) is 29.9 Å². The minimum absolute atomic E-state index is 0.141. The molecule has 2 aromatic heterocycles. The number of carbonyl (C=O) groups is 1. The fourth-order valence-electron chi connectivity index (χ4n) is 1.77. The van der Waals surface area contributed by atoms with Gasteiger partial charge in [-0.2, -0.15) is 0 Å². The predicted molar refractivity (Wildman–Crippen MR) is 60.2 cm³/mol. The van der Waals surface area contributed by atoms with Crippen molar-refractivity contribution >= 4 is 27.3 Å². The molecule has 2 rings (SSSR count). The molecule has 74 valence electrons. The molecule has 2 aromatic rings. The average Bonchev–Trinajstić information content (AvgIpc) is 2.58. The number of aromatic nitrogens is 1. The summed E-state index contributed by atoms with van der Waals surface area (Å²) in [5.74, 6) is 0.141. The lowest BCUT2D eigenvalue weighted by Crippen LogP contribution is -2.08. The zero-order valence-electron chi connectivity index (χ0n) is 8.57. The highest BCUT2D eigenvalue weighted by Crippen LogP contribution is 2.28. The van der Waals surface area contributed by atoms with Gasteiger partial charge in [0, 0.05) is 13.0 Å². The van der Waals surface area contributed by atoms with Crippen LogP contribution in [0, 0.1) is 0 Å². The Labute approximate surface area is 87.2 Å². The fourth-order valence-corrected chi connectivity index (χ4v) is 2.58. The van der Waals surface area contributed by atoms with Gasteiger partial charge in [0.15, 0.2) is 5.78 Å². The second-order valence-corrected chi connectivity index (χ2v) is 4.67. The predicted octanol–water partition coefficient (Wildman–Crippen LogP) is 3.49. The maximum atomic E-state index is 11.4. The number of hydrogen-bond donors (Lipinski definition) is 0. The van der Waals surface area contributed by atoms with Gasteiger partial charge >= 0.3 is 0 Å². The van der Waals surface area contributed by atoms with Crippen LogP contribution in [0.4, 0.5) is 0 Å². The van der Waals surface area contributed by atoms with Gasteiger partial charge in [-0.25, -0.2) is 0 Å². The Kier molecular flexibility index (Phi) is 2.19. The highest BCUT2D eigenvalue weighted by Gasteiger charge is 2.14. The third kappa shape index (κ3) is 1.28. The van der Waals surface area contributed by atoms with Crippen molar-refractivity contribution in [2.45, 2.75) is 26.8 Å². The van der Waals surface area contributed by atoms with E-state index in [4.69, 9.17) is 0 Å². The van der Waals surface area contributed by atoms with E-state index >= 15 is 0 Å². The molecule has 0 N–H and O–H groups in total. The van der Waals surface area contributed by atoms with Gasteiger partial charge in [-0.05, 0) is 31.4 Å². The van der Waals surface area contributed by atoms with Crippen molar-refractivity contribution in [3.63, 3.8) is 0 Å². The summed E-state index contributed by atoms with van der Waals surface area (Å²) in [4.78, 5) is 11.4. The largest absolute Gasteiger partial charge is 0.335 e. The summed E-state index contributed by atoms with van der Waals surface area (Å²) in [7, 11) is 0. The van der Waals surface area contributed by atoms with Crippen LogP contribution in [0.2, 0.25) is 0 Å². The minimum atomic E-state index is 0.141. The van der Waals surface area contributed by atoms with E-state index in [-0.39, 0.29) is 5.78 Å². The van der Waals surface area contributed by atoms with Crippen molar-refractivity contribution in [2.75, 3.05) is 0 Å². The Hall–Kier alpha value is -1.09. The minimum Gasteiger partial charge on any atom is -0.335 e. The first-order chi connectivity index (χ1) is 6.61. The molecule has 0 radical (unpaired) electrons. The van der Waals surface area contributed by atoms with E-state index in [0.717, 1.165) is 5.69 Å². The molecular formula is C11H13NOS. The molecule has 0 spiro atoms. The maximum Gasteiger partial charge on any atom is 0.176 e. The van der Waals surface area contributed by atoms with Crippen LogP contribution in [0.1, 0.15) is 37.3 Å². The van der Waals surface area contributed by atoms with Crippen molar-refractivity contribution in [3.8, 4) is 0 Å². The van der Waals surface area contributed by atoms with E-state index in [1.807, 2.05) is 6.07 Å². The lowest BCUT2D eigenvalue weighted by atomic mass is 10.3. The quantitative estimate of drug-likeness (QED) is 0.691. The number of thiophene rings is 1. The molecule has 2 heterocycles. The van der Waals surface area contributed by atoms with Crippen LogP contribution in [0.5, 0.6) is 0 Å². The molecule has 0 aliphatic heterocycles. The van der Waals surface area contributed by atoms with E-state index in [1.54, 1.807) is 18.3 Å². The van der Waals surface area contributed by atoms with Crippen molar-refractivity contribution in [2.24, 2.45) is 0 Å². The number of Topliss-reactive ketones (excluding diaryl/α,β-unsaturated/α-hetero) is 1. The van der Waals surface area contributed by atoms with Gasteiger partial charge in [0.05, 0.1) is 15.9 Å². The molecule has 2 nitrogen and oxygen atoms in total. The Morgan fingerprint density at radius 1 is 1.50 bits per heavy atom. The maximum absolute atomic E-state index is 11.4. The second kappa shape index (κ2) is 3.24. The Bertz CT molecular complexity index is 478. The van der Waals surface area contributed by atoms with E-state index in [9.17, 15) is 4.79 Å². The molecule has 0 saturated heterocycles. The Morgan fingerprint density at radius 2 is 2.21 bits per heavy atom. The molecule has 3 heteroatoms. The highest BCUT2D eigenvalue weighted by molar-refractivity contribution is 7.17. The number of carbonyl (C=O) groups excluding carboxylic acids is 1. The van der Waals surface area contributed by atoms with Crippen molar-refractivity contribution < 1.29 is 4.79 Å². The molecule has 0 atom stereocenters. The van der Waals surface area contributed by atoms with Crippen LogP contribution < -0.4 is 0 Å². The van der Waals surface area contributed by atoms with Crippen molar-refractivity contribution in [3.05, 3.63) is 23.2 Å². The van der Waals surface area contributed by atoms with Gasteiger partial charge in [0.1, 0.15) is 0 Å². The summed E-state index contributed by atoms with van der Waals surface area (Å²) in [5, 5.41) is 2.06. The van der Waals surface area contributed by atoms with Gasteiger partial charge < -0.3 is 4.57 Å². The normalized spacial score (nSPS) is 11.4. The van der Waals surface area contributed by atoms with E-state index in [1.165, 1.54) is 10.2 Å². The first kappa shape index (κ1) is 9.46. The van der Waals surface area contributed by atoms with Crippen LogP contribution in [0.15, 0.2) is 17.5 Å². The zero-order chi connectivity index (χ0) is 10.3. The highest BCUT2D eigenvalue weighted by atomic mass is 32.1. The summed E-state index contributed by atoms with van der Waals surface area (Å²) in [6.07, 6.45) is 0. The van der Waals surface area contributed by atoms with Gasteiger partial charge in [-0.15, -0.1) is 11.3 Å². The number of nitrogens with zero attached hydrogens (tertiary/aromatic N) is 1. The Balaban J connectivity index is 2.76. The monoisotopic (exact) mass is 207 g/mol. The third-order valence-electron chi connectivity index (χ3n) is 2.34. The number of ketones is 1. The van der Waals surface area contributed by atoms with Crippen LogP contribution in [-0.2, 0) is 0 Å². The van der Waals surface area contributed by atoms with Crippen molar-refractivity contribution in [1.29, 1.82) is 0 Å². The van der Waals surface area contributed by atoms with Crippen LogP contribution >= 0.6 is 11.3 Å². The zero-order valence-corrected chi connectivity index (χ0v) is 9.39. The lowest BCUT2D eigenvalue weighted by Gasteiger charge is -2.11. The lowest BCUT2D eigenvalue weighted by molar-refractivity contribution is 0.100. The number of hydrogen-bond acceptors (Lipinski definition) is 2. The molecule has 14 heavy (non-hydrogen) atoms. The Morgan fingerprint density at radius 3 is 2.79 bits per heavy atom. The summed E-state index contributed by atoms with van der Waals surface area (Å²) in [6, 6.07) is 4.40. The molecule has 0 saturated carbocycles. The first-order valence-corrected chi connectivity index (χ1v) is 5.58. The molecule has 0 amide bonds. The summed E-state index contributed by atoms with van der Waals surface area (Å²) >= 11 is 1.68. The van der Waals surface area contributed by atoms with Crippen LogP contribution in [0.3, 0.4) is 0 Å². The molecule has 0 bridgehead atoms. The molecule has 0 aliphatic rings. The summed E-state index contributed by atoms with van der Waals surface area (Å²) in [5.41, 5.74) is 2.00. The summed E-state index contributed by atoms with van der Waals surface area (Å²) < 4.78 is 3.30. The number of fused-ring (bicyclic) bond motifs is 1. The standard InChI is InChI=1S/C11H13NOS/c1-7(2)12-9-4-5-14-11(9)6-10(12)8(3)13/h4-7H,1-3H3. The number of rotatable bonds is 2. The van der Waals surface area contributed by atoms with Gasteiger partial charge in [-0.1, -0.05) is 0 Å². The topological polar surface area (TPSA) is 22.0 Å². The molecule has 0 aliphatic carbocycles. The molecular weight excluding hydrogens is 194 g/mol. The van der Waals surface area contributed by atoms with Crippen LogP contribution in [0.25, 0.3) is 10.2 Å². The smallest absolute Gasteiger partial charge is 0.176 e. The van der Waals surface area contributed by atoms with E-state index < -0.39 is 0 Å². The van der Waals surface area contributed by atoms with Crippen molar-refractivity contribution in [1.82, 2.24) is 4.57 Å². The molecule has 0 fully saturated rings. The van der Waals surface area contributed by atoms with Gasteiger partial charge in [-0.3, -0.25) is 4.79 Å². The van der Waals surface area contributed by atoms with E-state index in [0.29, 0.717) is 6.04 Å². The summed E-state index contributed by atoms with van der Waals surface area (Å²) in [6.45, 7) is 5.82. The van der Waals surface area contributed by atoms with Crippen LogP contribution in [-0.4, -0.2) is 10.4 Å². The van der Waals surface area contributed by atoms with Gasteiger partial charge in [0.25, 0.3) is 0 Å². The first-order valence-electron chi connectivity index (χ1n) is 4.70.